The maximum absolute atomic E-state index is 10.7. The van der Waals surface area contributed by atoms with Gasteiger partial charge in [-0.3, -0.25) is 0 Å². The largest absolute Gasteiger partial charge is 0.506 e. The summed E-state index contributed by atoms with van der Waals surface area (Å²) in [5, 5.41) is 30.0. The summed E-state index contributed by atoms with van der Waals surface area (Å²) in [6.07, 6.45) is 4.60. The van der Waals surface area contributed by atoms with Crippen molar-refractivity contribution in [2.24, 2.45) is 5.41 Å². The third-order valence-corrected chi connectivity index (χ3v) is 6.35. The highest BCUT2D eigenvalue weighted by Crippen LogP contribution is 2.35. The summed E-state index contributed by atoms with van der Waals surface area (Å²) >= 11 is 0. The summed E-state index contributed by atoms with van der Waals surface area (Å²) in [6, 6.07) is 3.59. The molecule has 4 heterocycles. The average Bonchev–Trinajstić information content (AvgIpc) is 3.45. The Morgan fingerprint density at radius 1 is 1.09 bits per heavy atom. The van der Waals surface area contributed by atoms with Gasteiger partial charge < -0.3 is 29.8 Å². The number of anilines is 1. The zero-order valence-electron chi connectivity index (χ0n) is 17.7. The summed E-state index contributed by atoms with van der Waals surface area (Å²) in [5.74, 6) is 0.694. The third-order valence-electron chi connectivity index (χ3n) is 6.35. The number of imidazole rings is 2. The Balaban J connectivity index is 0.00000245. The number of hydrogen-bond donors (Lipinski definition) is 4. The van der Waals surface area contributed by atoms with Gasteiger partial charge in [-0.05, 0) is 31.9 Å². The number of aryl methyl sites for hydroxylation is 1. The molecule has 1 aromatic carbocycles. The fraction of sp³-hybridized carbons (Fsp3) is 0.429. The second-order valence-electron chi connectivity index (χ2n) is 8.17. The summed E-state index contributed by atoms with van der Waals surface area (Å²) in [7, 11) is 0. The van der Waals surface area contributed by atoms with Crippen LogP contribution in [-0.2, 0) is 6.54 Å². The molecule has 4 N–H and O–H groups in total. The molecule has 0 bridgehead atoms. The van der Waals surface area contributed by atoms with Crippen molar-refractivity contribution in [3.8, 4) is 17.0 Å². The minimum atomic E-state index is -0.452. The normalized spacial score (nSPS) is 15.9. The predicted octanol–water partition coefficient (Wildman–Crippen LogP) is 2.09. The molecule has 4 aromatic rings. The van der Waals surface area contributed by atoms with Crippen molar-refractivity contribution in [2.75, 3.05) is 31.2 Å². The number of aromatic amines is 1. The van der Waals surface area contributed by atoms with E-state index < -0.39 is 5.41 Å². The first kappa shape index (κ1) is 22.3. The van der Waals surface area contributed by atoms with Crippen LogP contribution in [0, 0.1) is 5.41 Å². The first-order valence-electron chi connectivity index (χ1n) is 10.4. The van der Waals surface area contributed by atoms with E-state index in [2.05, 4.69) is 24.8 Å². The van der Waals surface area contributed by atoms with Crippen molar-refractivity contribution in [3.63, 3.8) is 0 Å². The molecule has 0 amide bonds. The number of phenols is 1. The van der Waals surface area contributed by atoms with Crippen LogP contribution in [0.4, 0.5) is 5.95 Å². The van der Waals surface area contributed by atoms with E-state index in [0.717, 1.165) is 0 Å². The summed E-state index contributed by atoms with van der Waals surface area (Å²) in [5.41, 5.74) is 3.49. The summed E-state index contributed by atoms with van der Waals surface area (Å²) < 4.78 is 1.90. The lowest BCUT2D eigenvalue weighted by Gasteiger charge is -2.39. The molecule has 1 aliphatic rings. The Bertz CT molecular complexity index is 1240. The van der Waals surface area contributed by atoms with Gasteiger partial charge in [0.2, 0.25) is 5.95 Å². The highest BCUT2D eigenvalue weighted by atomic mass is 35.5. The monoisotopic (exact) mass is 459 g/mol. The number of halogens is 1. The number of H-pyrrole nitrogens is 1. The van der Waals surface area contributed by atoms with Crippen LogP contribution in [0.3, 0.4) is 0 Å². The topological polar surface area (TPSA) is 136 Å². The Morgan fingerprint density at radius 3 is 2.53 bits per heavy atom. The van der Waals surface area contributed by atoms with Crippen LogP contribution in [0.25, 0.3) is 33.5 Å². The van der Waals surface area contributed by atoms with Crippen molar-refractivity contribution in [3.05, 3.63) is 24.8 Å². The first-order valence-corrected chi connectivity index (χ1v) is 10.4. The average molecular weight is 460 g/mol. The molecule has 1 saturated heterocycles. The van der Waals surface area contributed by atoms with Crippen molar-refractivity contribution in [2.45, 2.75) is 26.3 Å². The number of piperidine rings is 1. The predicted molar refractivity (Wildman–Crippen MR) is 123 cm³/mol. The lowest BCUT2D eigenvalue weighted by Crippen LogP contribution is -2.44. The Hall–Kier alpha value is -2.95. The van der Waals surface area contributed by atoms with Crippen LogP contribution in [-0.4, -0.2) is 71.1 Å². The molecule has 0 atom stereocenters. The van der Waals surface area contributed by atoms with Crippen LogP contribution in [0.1, 0.15) is 19.8 Å². The van der Waals surface area contributed by atoms with Gasteiger partial charge in [-0.1, -0.05) is 0 Å². The van der Waals surface area contributed by atoms with Crippen molar-refractivity contribution in [1.82, 2.24) is 29.5 Å². The number of aromatic hydroxyl groups is 1. The van der Waals surface area contributed by atoms with Crippen LogP contribution in [0.5, 0.6) is 5.75 Å². The molecule has 32 heavy (non-hydrogen) atoms. The number of hydrogen-bond acceptors (Lipinski definition) is 8. The Morgan fingerprint density at radius 2 is 1.84 bits per heavy atom. The van der Waals surface area contributed by atoms with Gasteiger partial charge in [0.25, 0.3) is 0 Å². The molecule has 5 rings (SSSR count). The fourth-order valence-corrected chi connectivity index (χ4v) is 4.28. The lowest BCUT2D eigenvalue weighted by atomic mass is 9.80. The fourth-order valence-electron chi connectivity index (χ4n) is 4.28. The molecule has 1 fully saturated rings. The van der Waals surface area contributed by atoms with Crippen molar-refractivity contribution >= 4 is 40.6 Å². The summed E-state index contributed by atoms with van der Waals surface area (Å²) in [4.78, 5) is 23.4. The van der Waals surface area contributed by atoms with E-state index in [0.29, 0.717) is 71.9 Å². The lowest BCUT2D eigenvalue weighted by molar-refractivity contribution is 0.0338. The number of phenolic OH excluding ortho intramolecular Hbond substituents is 1. The third kappa shape index (κ3) is 3.54. The maximum Gasteiger partial charge on any atom is 0.228 e. The van der Waals surface area contributed by atoms with Gasteiger partial charge in [-0.25, -0.2) is 15.0 Å². The molecule has 0 spiro atoms. The zero-order chi connectivity index (χ0) is 21.6. The van der Waals surface area contributed by atoms with Crippen LogP contribution < -0.4 is 4.90 Å². The molecule has 0 saturated carbocycles. The van der Waals surface area contributed by atoms with E-state index in [4.69, 9.17) is 4.98 Å². The number of nitrogens with one attached hydrogen (secondary N) is 1. The van der Waals surface area contributed by atoms with E-state index in [-0.39, 0.29) is 31.4 Å². The van der Waals surface area contributed by atoms with Crippen LogP contribution in [0.2, 0.25) is 0 Å². The Kier molecular flexibility index (Phi) is 5.93. The Labute approximate surface area is 190 Å². The van der Waals surface area contributed by atoms with Gasteiger partial charge >= 0.3 is 0 Å². The van der Waals surface area contributed by atoms with Crippen molar-refractivity contribution in [1.29, 1.82) is 0 Å². The minimum absolute atomic E-state index is 0. The summed E-state index contributed by atoms with van der Waals surface area (Å²) in [6.45, 7) is 3.90. The van der Waals surface area contributed by atoms with Crippen molar-refractivity contribution < 1.29 is 15.3 Å². The van der Waals surface area contributed by atoms with Gasteiger partial charge in [0, 0.05) is 30.6 Å². The molecular formula is C21H26ClN7O3. The molecule has 1 aliphatic heterocycles. The number of rotatable bonds is 5. The van der Waals surface area contributed by atoms with Gasteiger partial charge in [0.15, 0.2) is 5.65 Å². The molecule has 0 unspecified atom stereocenters. The second kappa shape index (κ2) is 8.53. The van der Waals surface area contributed by atoms with E-state index >= 15 is 0 Å². The highest BCUT2D eigenvalue weighted by Gasteiger charge is 2.34. The number of fused-ring (bicyclic) bond motifs is 2. The standard InChI is InChI=1S/C21H25N7O3.ClH/c1-2-27-12-24-14-7-13(8-15(31)18(14)27)16-17-19(23-11-22-17)26-20(25-16)28-5-3-21(9-29,10-30)4-6-28;/h7-8,11-12,29-31H,2-6,9-10H2,1H3,(H,22,23,25,26);1H. The number of benzene rings is 1. The second-order valence-corrected chi connectivity index (χ2v) is 8.17. The van der Waals surface area contributed by atoms with Gasteiger partial charge in [0.05, 0.1) is 31.4 Å². The first-order chi connectivity index (χ1) is 15.1. The number of aliphatic hydroxyl groups excluding tert-OH is 2. The van der Waals surface area contributed by atoms with Gasteiger partial charge in [-0.15, -0.1) is 12.4 Å². The molecule has 11 heteroatoms. The van der Waals surface area contributed by atoms with Crippen LogP contribution >= 0.6 is 12.4 Å². The smallest absolute Gasteiger partial charge is 0.228 e. The van der Waals surface area contributed by atoms with Gasteiger partial charge in [-0.2, -0.15) is 4.98 Å². The molecule has 170 valence electrons. The zero-order valence-corrected chi connectivity index (χ0v) is 18.5. The molecular weight excluding hydrogens is 434 g/mol. The maximum atomic E-state index is 10.7. The highest BCUT2D eigenvalue weighted by molar-refractivity contribution is 5.93. The minimum Gasteiger partial charge on any atom is -0.506 e. The van der Waals surface area contributed by atoms with Gasteiger partial charge in [0.1, 0.15) is 22.5 Å². The SMILES string of the molecule is CCn1cnc2cc(-c3nc(N4CCC(CO)(CO)CC4)nc4[nH]cnc34)cc(O)c21.Cl. The number of aromatic nitrogens is 6. The van der Waals surface area contributed by atoms with E-state index in [1.807, 2.05) is 17.6 Å². The van der Waals surface area contributed by atoms with Crippen LogP contribution in [0.15, 0.2) is 24.8 Å². The van der Waals surface area contributed by atoms with E-state index in [1.165, 1.54) is 0 Å². The molecule has 10 nitrogen and oxygen atoms in total. The van der Waals surface area contributed by atoms with E-state index in [9.17, 15) is 15.3 Å². The quantitative estimate of drug-likeness (QED) is 0.356. The number of nitrogens with zero attached hydrogens (tertiary/aromatic N) is 6. The molecule has 3 aromatic heterocycles. The number of aliphatic hydroxyl groups is 2. The van der Waals surface area contributed by atoms with E-state index in [1.54, 1.807) is 18.7 Å². The molecule has 0 radical (unpaired) electrons. The molecule has 0 aliphatic carbocycles.